The zero-order valence-electron chi connectivity index (χ0n) is 13.0. The van der Waals surface area contributed by atoms with Crippen LogP contribution in [0.2, 0.25) is 0 Å². The fourth-order valence-electron chi connectivity index (χ4n) is 2.81. The van der Waals surface area contributed by atoms with Gasteiger partial charge in [-0.1, -0.05) is 0 Å². The molecule has 1 unspecified atom stereocenters. The van der Waals surface area contributed by atoms with E-state index in [1.54, 1.807) is 30.1 Å². The molecule has 1 atom stereocenters. The minimum absolute atomic E-state index is 0.0408. The summed E-state index contributed by atoms with van der Waals surface area (Å²) in [5.41, 5.74) is 2.69. The van der Waals surface area contributed by atoms with E-state index in [4.69, 9.17) is 4.74 Å². The second-order valence-corrected chi connectivity index (χ2v) is 5.67. The number of hydrogen-bond donors (Lipinski definition) is 1. The van der Waals surface area contributed by atoms with Gasteiger partial charge in [-0.05, 0) is 41.5 Å². The van der Waals surface area contributed by atoms with E-state index in [9.17, 15) is 20.0 Å². The van der Waals surface area contributed by atoms with Crippen molar-refractivity contribution in [2.75, 3.05) is 11.9 Å². The van der Waals surface area contributed by atoms with Gasteiger partial charge in [0.15, 0.2) is 0 Å². The van der Waals surface area contributed by atoms with Gasteiger partial charge in [-0.2, -0.15) is 0 Å². The summed E-state index contributed by atoms with van der Waals surface area (Å²) < 4.78 is 5.71. The normalized spacial score (nSPS) is 15.9. The summed E-state index contributed by atoms with van der Waals surface area (Å²) in [4.78, 5) is 23.2. The van der Waals surface area contributed by atoms with Gasteiger partial charge in [-0.15, -0.1) is 0 Å². The molecule has 2 aromatic rings. The highest BCUT2D eigenvalue weighted by molar-refractivity contribution is 5.82. The van der Waals surface area contributed by atoms with Crippen molar-refractivity contribution in [1.82, 2.24) is 0 Å². The molecular weight excluding hydrogens is 312 g/mol. The molecular formula is C17H16N2O5. The van der Waals surface area contributed by atoms with Crippen molar-refractivity contribution in [2.24, 2.45) is 0 Å². The topological polar surface area (TPSA) is 92.9 Å². The quantitative estimate of drug-likeness (QED) is 0.670. The van der Waals surface area contributed by atoms with E-state index in [0.29, 0.717) is 12.2 Å². The van der Waals surface area contributed by atoms with Crippen LogP contribution in [-0.2, 0) is 17.8 Å². The van der Waals surface area contributed by atoms with Gasteiger partial charge in [0.05, 0.1) is 4.92 Å². The number of nitro benzene ring substituents is 1. The number of hydrogen-bond acceptors (Lipinski definition) is 5. The molecule has 7 heteroatoms. The molecule has 1 N–H and O–H groups in total. The third kappa shape index (κ3) is 3.01. The highest BCUT2D eigenvalue weighted by Crippen LogP contribution is 2.34. The van der Waals surface area contributed by atoms with Crippen LogP contribution >= 0.6 is 0 Å². The molecule has 7 nitrogen and oxygen atoms in total. The average molecular weight is 328 g/mol. The summed E-state index contributed by atoms with van der Waals surface area (Å²) in [5, 5.41) is 19.8. The lowest BCUT2D eigenvalue weighted by molar-refractivity contribution is -0.384. The SMILES string of the molecule is CN1c2ccc(OCc3ccc([N+](=O)[O-])cc3)cc2CC1C(=O)O. The van der Waals surface area contributed by atoms with E-state index in [0.717, 1.165) is 16.8 Å². The maximum atomic E-state index is 11.2. The molecule has 1 aliphatic heterocycles. The maximum Gasteiger partial charge on any atom is 0.326 e. The summed E-state index contributed by atoms with van der Waals surface area (Å²) in [5.74, 6) is -0.200. The number of nitrogens with zero attached hydrogens (tertiary/aromatic N) is 2. The van der Waals surface area contributed by atoms with Crippen molar-refractivity contribution >= 4 is 17.3 Å². The van der Waals surface area contributed by atoms with Crippen molar-refractivity contribution < 1.29 is 19.6 Å². The number of rotatable bonds is 5. The number of benzene rings is 2. The van der Waals surface area contributed by atoms with Crippen molar-refractivity contribution in [2.45, 2.75) is 19.1 Å². The number of aliphatic carboxylic acids is 1. The van der Waals surface area contributed by atoms with E-state index >= 15 is 0 Å². The van der Waals surface area contributed by atoms with Gasteiger partial charge in [0, 0.05) is 31.3 Å². The Bertz CT molecular complexity index is 788. The van der Waals surface area contributed by atoms with Crippen LogP contribution in [0.25, 0.3) is 0 Å². The van der Waals surface area contributed by atoms with E-state index in [1.807, 2.05) is 12.1 Å². The minimum atomic E-state index is -0.845. The van der Waals surface area contributed by atoms with E-state index in [2.05, 4.69) is 0 Å². The van der Waals surface area contributed by atoms with E-state index in [-0.39, 0.29) is 12.3 Å². The number of ether oxygens (including phenoxy) is 1. The zero-order chi connectivity index (χ0) is 17.3. The van der Waals surface area contributed by atoms with Crippen LogP contribution in [0.1, 0.15) is 11.1 Å². The molecule has 0 aliphatic carbocycles. The van der Waals surface area contributed by atoms with Crippen LogP contribution in [0.4, 0.5) is 11.4 Å². The molecule has 0 spiro atoms. The van der Waals surface area contributed by atoms with Crippen molar-refractivity contribution in [3.63, 3.8) is 0 Å². The first-order chi connectivity index (χ1) is 11.5. The van der Waals surface area contributed by atoms with Crippen LogP contribution in [0.5, 0.6) is 5.75 Å². The number of nitro groups is 1. The summed E-state index contributed by atoms with van der Waals surface area (Å²) in [6.45, 7) is 0.287. The van der Waals surface area contributed by atoms with Crippen molar-refractivity contribution in [3.8, 4) is 5.75 Å². The molecule has 0 bridgehead atoms. The summed E-state index contributed by atoms with van der Waals surface area (Å²) in [6.07, 6.45) is 0.440. The van der Waals surface area contributed by atoms with Crippen LogP contribution in [-0.4, -0.2) is 29.1 Å². The Morgan fingerprint density at radius 2 is 2.04 bits per heavy atom. The number of non-ortho nitro benzene ring substituents is 1. The molecule has 1 heterocycles. The second kappa shape index (κ2) is 6.19. The van der Waals surface area contributed by atoms with Crippen LogP contribution < -0.4 is 9.64 Å². The number of carboxylic acids is 1. The lowest BCUT2D eigenvalue weighted by atomic mass is 10.1. The summed E-state index contributed by atoms with van der Waals surface area (Å²) in [7, 11) is 1.77. The van der Waals surface area contributed by atoms with Crippen molar-refractivity contribution in [1.29, 1.82) is 0 Å². The van der Waals surface area contributed by atoms with Crippen LogP contribution in [0, 0.1) is 10.1 Å². The third-order valence-electron chi connectivity index (χ3n) is 4.15. The Morgan fingerprint density at radius 3 is 2.67 bits per heavy atom. The largest absolute Gasteiger partial charge is 0.489 e. The smallest absolute Gasteiger partial charge is 0.326 e. The molecule has 1 aliphatic rings. The summed E-state index contributed by atoms with van der Waals surface area (Å²) >= 11 is 0. The number of likely N-dealkylation sites (N-methyl/N-ethyl adjacent to an activating group) is 1. The monoisotopic (exact) mass is 328 g/mol. The van der Waals surface area contributed by atoms with Crippen LogP contribution in [0.3, 0.4) is 0 Å². The molecule has 0 saturated heterocycles. The Labute approximate surface area is 138 Å². The standard InChI is InChI=1S/C17H16N2O5/c1-18-15-7-6-14(8-12(15)9-16(18)17(20)21)24-10-11-2-4-13(5-3-11)19(22)23/h2-8,16H,9-10H2,1H3,(H,20,21). The molecule has 124 valence electrons. The Balaban J connectivity index is 1.68. The molecule has 0 saturated carbocycles. The number of fused-ring (bicyclic) bond motifs is 1. The molecule has 0 fully saturated rings. The third-order valence-corrected chi connectivity index (χ3v) is 4.15. The Hall–Kier alpha value is -3.09. The maximum absolute atomic E-state index is 11.2. The molecule has 0 radical (unpaired) electrons. The van der Waals surface area contributed by atoms with Gasteiger partial charge in [-0.25, -0.2) is 4.79 Å². The molecule has 0 aromatic heterocycles. The second-order valence-electron chi connectivity index (χ2n) is 5.67. The predicted molar refractivity (Wildman–Crippen MR) is 87.4 cm³/mol. The predicted octanol–water partition coefficient (Wildman–Crippen LogP) is 2.62. The van der Waals surface area contributed by atoms with Gasteiger partial charge >= 0.3 is 5.97 Å². The Morgan fingerprint density at radius 1 is 1.33 bits per heavy atom. The van der Waals surface area contributed by atoms with E-state index in [1.165, 1.54) is 12.1 Å². The lowest BCUT2D eigenvalue weighted by Crippen LogP contribution is -2.35. The van der Waals surface area contributed by atoms with Gasteiger partial charge in [0.25, 0.3) is 5.69 Å². The van der Waals surface area contributed by atoms with Gasteiger partial charge in [0.2, 0.25) is 0 Å². The number of carboxylic acid groups (broad SMARTS) is 1. The fourth-order valence-corrected chi connectivity index (χ4v) is 2.81. The van der Waals surface area contributed by atoms with E-state index < -0.39 is 16.9 Å². The van der Waals surface area contributed by atoms with Crippen LogP contribution in [0.15, 0.2) is 42.5 Å². The molecule has 2 aromatic carbocycles. The lowest BCUT2D eigenvalue weighted by Gasteiger charge is -2.18. The Kier molecular flexibility index (Phi) is 4.07. The highest BCUT2D eigenvalue weighted by Gasteiger charge is 2.31. The number of carbonyl (C=O) groups is 1. The molecule has 3 rings (SSSR count). The van der Waals surface area contributed by atoms with Gasteiger partial charge in [0.1, 0.15) is 18.4 Å². The zero-order valence-corrected chi connectivity index (χ0v) is 13.0. The van der Waals surface area contributed by atoms with Gasteiger partial charge in [-0.3, -0.25) is 10.1 Å². The fraction of sp³-hybridized carbons (Fsp3) is 0.235. The first-order valence-electron chi connectivity index (χ1n) is 7.40. The first-order valence-corrected chi connectivity index (χ1v) is 7.40. The molecule has 0 amide bonds. The molecule has 24 heavy (non-hydrogen) atoms. The average Bonchev–Trinajstić information content (AvgIpc) is 2.90. The van der Waals surface area contributed by atoms with Crippen molar-refractivity contribution in [3.05, 3.63) is 63.7 Å². The number of anilines is 1. The first kappa shape index (κ1) is 15.8. The summed E-state index contributed by atoms with van der Waals surface area (Å²) in [6, 6.07) is 11.1. The van der Waals surface area contributed by atoms with Gasteiger partial charge < -0.3 is 14.7 Å². The highest BCUT2D eigenvalue weighted by atomic mass is 16.6. The minimum Gasteiger partial charge on any atom is -0.489 e.